The van der Waals surface area contributed by atoms with Crippen LogP contribution < -0.4 is 4.72 Å². The molecule has 0 aliphatic heterocycles. The van der Waals surface area contributed by atoms with E-state index in [1.165, 1.54) is 12.3 Å². The summed E-state index contributed by atoms with van der Waals surface area (Å²) in [4.78, 5) is 0. The molecule has 1 heterocycles. The van der Waals surface area contributed by atoms with Crippen molar-refractivity contribution in [1.82, 2.24) is 9.29 Å². The molecular formula is C19H24BrF3N2O2S. The van der Waals surface area contributed by atoms with Crippen molar-refractivity contribution < 1.29 is 21.6 Å². The van der Waals surface area contributed by atoms with Crippen molar-refractivity contribution in [2.45, 2.75) is 64.3 Å². The number of hydrogen-bond donors (Lipinski definition) is 1. The quantitative estimate of drug-likeness (QED) is 0.604. The van der Waals surface area contributed by atoms with Gasteiger partial charge in [-0.1, -0.05) is 27.2 Å². The standard InChI is InChI=1S/C19H24BrF3N2O2S/c1-19(2,3)10-25-9-13(12-7-15(21)14(20)8-16(12)25)17(18(22)23)24-28(26,27)11-5-4-6-11/h7-9,11,17-18,24H,4-6,10H2,1-3H3/t17-/m0/s1. The summed E-state index contributed by atoms with van der Waals surface area (Å²) < 4.78 is 71.1. The van der Waals surface area contributed by atoms with E-state index in [1.54, 1.807) is 10.6 Å². The zero-order chi connectivity index (χ0) is 20.9. The van der Waals surface area contributed by atoms with Crippen LogP contribution in [0.5, 0.6) is 0 Å². The molecule has 0 radical (unpaired) electrons. The maximum absolute atomic E-state index is 14.2. The summed E-state index contributed by atoms with van der Waals surface area (Å²) in [7, 11) is -3.87. The topological polar surface area (TPSA) is 51.1 Å². The Labute approximate surface area is 171 Å². The maximum atomic E-state index is 14.2. The minimum Gasteiger partial charge on any atom is -0.347 e. The average Bonchev–Trinajstić information content (AvgIpc) is 2.79. The summed E-state index contributed by atoms with van der Waals surface area (Å²) in [6.07, 6.45) is 0.268. The Morgan fingerprint density at radius 2 is 1.93 bits per heavy atom. The van der Waals surface area contributed by atoms with Gasteiger partial charge in [0.2, 0.25) is 10.0 Å². The number of alkyl halides is 2. The van der Waals surface area contributed by atoms with Crippen molar-refractivity contribution in [1.29, 1.82) is 0 Å². The van der Waals surface area contributed by atoms with Crippen molar-refractivity contribution in [3.63, 3.8) is 0 Å². The first-order valence-electron chi connectivity index (χ1n) is 9.16. The van der Waals surface area contributed by atoms with E-state index >= 15 is 0 Å². The first-order valence-corrected chi connectivity index (χ1v) is 11.5. The number of halogens is 4. The fourth-order valence-corrected chi connectivity index (χ4v) is 5.47. The Morgan fingerprint density at radius 3 is 2.43 bits per heavy atom. The number of fused-ring (bicyclic) bond motifs is 1. The van der Waals surface area contributed by atoms with Gasteiger partial charge in [0.1, 0.15) is 11.9 Å². The predicted molar refractivity (Wildman–Crippen MR) is 107 cm³/mol. The molecule has 1 atom stereocenters. The van der Waals surface area contributed by atoms with Crippen LogP contribution >= 0.6 is 15.9 Å². The Kier molecular flexibility index (Phi) is 5.91. The monoisotopic (exact) mass is 480 g/mol. The molecule has 1 aromatic heterocycles. The first-order chi connectivity index (χ1) is 12.9. The molecule has 1 fully saturated rings. The molecule has 28 heavy (non-hydrogen) atoms. The fraction of sp³-hybridized carbons (Fsp3) is 0.579. The molecular weight excluding hydrogens is 457 g/mol. The third-order valence-corrected chi connectivity index (χ3v) is 7.51. The van der Waals surface area contributed by atoms with Gasteiger partial charge in [-0.15, -0.1) is 0 Å². The lowest BCUT2D eigenvalue weighted by molar-refractivity contribution is 0.109. The molecule has 2 aromatic rings. The van der Waals surface area contributed by atoms with E-state index < -0.39 is 33.6 Å². The highest BCUT2D eigenvalue weighted by Crippen LogP contribution is 2.36. The molecule has 0 unspecified atom stereocenters. The molecule has 0 bridgehead atoms. The van der Waals surface area contributed by atoms with E-state index in [2.05, 4.69) is 20.7 Å². The molecule has 1 aliphatic rings. The number of hydrogen-bond acceptors (Lipinski definition) is 2. The van der Waals surface area contributed by atoms with Crippen molar-refractivity contribution >= 4 is 36.9 Å². The molecule has 156 valence electrons. The van der Waals surface area contributed by atoms with Gasteiger partial charge in [-0.25, -0.2) is 26.3 Å². The Morgan fingerprint density at radius 1 is 1.29 bits per heavy atom. The zero-order valence-corrected chi connectivity index (χ0v) is 18.4. The number of sulfonamides is 1. The van der Waals surface area contributed by atoms with Crippen LogP contribution in [0.3, 0.4) is 0 Å². The van der Waals surface area contributed by atoms with E-state index in [0.29, 0.717) is 24.9 Å². The molecule has 0 saturated heterocycles. The maximum Gasteiger partial charge on any atom is 0.258 e. The summed E-state index contributed by atoms with van der Waals surface area (Å²) in [6, 6.07) is 0.999. The average molecular weight is 481 g/mol. The minimum absolute atomic E-state index is 0.0866. The van der Waals surface area contributed by atoms with E-state index in [9.17, 15) is 21.6 Å². The predicted octanol–water partition coefficient (Wildman–Crippen LogP) is 5.37. The minimum atomic E-state index is -3.87. The van der Waals surface area contributed by atoms with Crippen LogP contribution in [0.2, 0.25) is 0 Å². The van der Waals surface area contributed by atoms with Gasteiger partial charge in [0, 0.05) is 29.2 Å². The van der Waals surface area contributed by atoms with E-state index in [-0.39, 0.29) is 20.8 Å². The fourth-order valence-electron chi connectivity index (χ4n) is 3.41. The van der Waals surface area contributed by atoms with Gasteiger partial charge in [0.25, 0.3) is 6.43 Å². The lowest BCUT2D eigenvalue weighted by Gasteiger charge is -2.28. The highest BCUT2D eigenvalue weighted by Gasteiger charge is 2.37. The van der Waals surface area contributed by atoms with Gasteiger partial charge >= 0.3 is 0 Å². The van der Waals surface area contributed by atoms with Gasteiger partial charge in [-0.05, 0) is 46.3 Å². The van der Waals surface area contributed by atoms with E-state index in [1.807, 2.05) is 20.8 Å². The highest BCUT2D eigenvalue weighted by atomic mass is 79.9. The Hall–Kier alpha value is -1.06. The molecule has 9 heteroatoms. The Bertz CT molecular complexity index is 979. The number of nitrogens with one attached hydrogen (secondary N) is 1. The highest BCUT2D eigenvalue weighted by molar-refractivity contribution is 9.10. The summed E-state index contributed by atoms with van der Waals surface area (Å²) >= 11 is 3.14. The van der Waals surface area contributed by atoms with Crippen LogP contribution in [0.1, 0.15) is 51.6 Å². The molecule has 0 spiro atoms. The van der Waals surface area contributed by atoms with Crippen LogP contribution in [0, 0.1) is 11.2 Å². The molecule has 3 rings (SSSR count). The van der Waals surface area contributed by atoms with Crippen LogP contribution in [-0.2, 0) is 16.6 Å². The van der Waals surface area contributed by atoms with Gasteiger partial charge in [0.15, 0.2) is 0 Å². The normalized spacial score (nSPS) is 17.3. The molecule has 1 aliphatic carbocycles. The summed E-state index contributed by atoms with van der Waals surface area (Å²) in [5, 5.41) is -0.353. The largest absolute Gasteiger partial charge is 0.347 e. The van der Waals surface area contributed by atoms with Gasteiger partial charge in [0.05, 0.1) is 9.72 Å². The zero-order valence-electron chi connectivity index (χ0n) is 16.0. The summed E-state index contributed by atoms with van der Waals surface area (Å²) in [5.41, 5.74) is 0.505. The molecule has 1 N–H and O–H groups in total. The lowest BCUT2D eigenvalue weighted by atomic mass is 9.97. The third-order valence-electron chi connectivity index (χ3n) is 4.97. The van der Waals surface area contributed by atoms with Crippen molar-refractivity contribution in [3.8, 4) is 0 Å². The van der Waals surface area contributed by atoms with Gasteiger partial charge in [-0.2, -0.15) is 0 Å². The van der Waals surface area contributed by atoms with Gasteiger partial charge in [-0.3, -0.25) is 0 Å². The van der Waals surface area contributed by atoms with Crippen LogP contribution in [0.4, 0.5) is 13.2 Å². The second-order valence-electron chi connectivity index (χ2n) is 8.58. The SMILES string of the molecule is CC(C)(C)Cn1cc([C@H](NS(=O)(=O)C2CCC2)C(F)F)c2cc(F)c(Br)cc21. The number of rotatable bonds is 6. The number of aromatic nitrogens is 1. The second kappa shape index (κ2) is 7.65. The van der Waals surface area contributed by atoms with Gasteiger partial charge < -0.3 is 4.57 Å². The Balaban J connectivity index is 2.11. The van der Waals surface area contributed by atoms with Crippen molar-refractivity contribution in [3.05, 3.63) is 34.2 Å². The first kappa shape index (κ1) is 21.6. The molecule has 1 aromatic carbocycles. The molecule has 0 amide bonds. The number of benzene rings is 1. The summed E-state index contributed by atoms with van der Waals surface area (Å²) in [5.74, 6) is -0.586. The van der Waals surface area contributed by atoms with Crippen molar-refractivity contribution in [2.75, 3.05) is 0 Å². The summed E-state index contributed by atoms with van der Waals surface area (Å²) in [6.45, 7) is 6.51. The molecule has 4 nitrogen and oxygen atoms in total. The van der Waals surface area contributed by atoms with E-state index in [0.717, 1.165) is 6.42 Å². The molecule has 1 saturated carbocycles. The van der Waals surface area contributed by atoms with Crippen LogP contribution in [-0.4, -0.2) is 24.7 Å². The van der Waals surface area contributed by atoms with Crippen molar-refractivity contribution in [2.24, 2.45) is 5.41 Å². The number of nitrogens with zero attached hydrogens (tertiary/aromatic N) is 1. The van der Waals surface area contributed by atoms with Crippen LogP contribution in [0.15, 0.2) is 22.8 Å². The van der Waals surface area contributed by atoms with E-state index in [4.69, 9.17) is 0 Å². The van der Waals surface area contributed by atoms with Crippen LogP contribution in [0.25, 0.3) is 10.9 Å². The third kappa shape index (κ3) is 4.41. The second-order valence-corrected chi connectivity index (χ2v) is 11.4. The smallest absolute Gasteiger partial charge is 0.258 e. The lowest BCUT2D eigenvalue weighted by Crippen LogP contribution is -2.42.